The number of carboxylic acid groups (broad SMARTS) is 1. The number of likely N-dealkylation sites (N-methyl/N-ethyl adjacent to an activating group) is 1. The Morgan fingerprint density at radius 2 is 2.09 bits per heavy atom. The lowest BCUT2D eigenvalue weighted by atomic mass is 10.0. The molecular weight excluding hydrogens is 324 g/mol. The highest BCUT2D eigenvalue weighted by Gasteiger charge is 2.29. The van der Waals surface area contributed by atoms with E-state index in [1.54, 1.807) is 0 Å². The highest BCUT2D eigenvalue weighted by Crippen LogP contribution is 2.29. The first-order valence-corrected chi connectivity index (χ1v) is 8.68. The Bertz CT molecular complexity index is 553. The molecule has 2 rings (SSSR count). The molecule has 0 spiro atoms. The molecule has 0 aliphatic carbocycles. The molecule has 1 aliphatic rings. The number of aryl methyl sites for hydroxylation is 1. The van der Waals surface area contributed by atoms with Crippen molar-refractivity contribution in [3.8, 4) is 0 Å². The summed E-state index contributed by atoms with van der Waals surface area (Å²) in [6, 6.07) is 0.227. The van der Waals surface area contributed by atoms with Crippen LogP contribution in [0.25, 0.3) is 0 Å². The number of hydrogen-bond acceptors (Lipinski definition) is 4. The predicted octanol–water partition coefficient (Wildman–Crippen LogP) is 2.72. The first-order valence-electron chi connectivity index (χ1n) is 7.42. The lowest BCUT2D eigenvalue weighted by Crippen LogP contribution is -2.48. The molecule has 1 amide bonds. The Labute approximate surface area is 139 Å². The molecule has 0 atom stereocenters. The average Bonchev–Trinajstić information content (AvgIpc) is 2.84. The summed E-state index contributed by atoms with van der Waals surface area (Å²) < 4.78 is 0. The van der Waals surface area contributed by atoms with Crippen LogP contribution in [0.4, 0.5) is 0 Å². The molecule has 1 aromatic heterocycles. The Hall–Kier alpha value is -1.11. The van der Waals surface area contributed by atoms with Crippen LogP contribution in [0.3, 0.4) is 0 Å². The molecule has 1 fully saturated rings. The number of nitrogens with zero attached hydrogens (tertiary/aromatic N) is 2. The van der Waals surface area contributed by atoms with Gasteiger partial charge in [-0.05, 0) is 37.3 Å². The molecule has 22 heavy (non-hydrogen) atoms. The maximum absolute atomic E-state index is 12.5. The number of carbonyl (C=O) groups is 2. The maximum atomic E-state index is 12.5. The Morgan fingerprint density at radius 1 is 1.45 bits per heavy atom. The van der Waals surface area contributed by atoms with Gasteiger partial charge in [0, 0.05) is 19.1 Å². The SMILES string of the molecule is CCN(CC(=O)O)C1CCN(C(=O)c2scc(C)c2Cl)CC1. The van der Waals surface area contributed by atoms with Crippen LogP contribution >= 0.6 is 22.9 Å². The van der Waals surface area contributed by atoms with E-state index in [1.807, 2.05) is 29.0 Å². The molecule has 0 unspecified atom stereocenters. The van der Waals surface area contributed by atoms with E-state index >= 15 is 0 Å². The fraction of sp³-hybridized carbons (Fsp3) is 0.600. The van der Waals surface area contributed by atoms with Gasteiger partial charge in [-0.3, -0.25) is 14.5 Å². The number of carboxylic acids is 1. The molecule has 1 aliphatic heterocycles. The van der Waals surface area contributed by atoms with Gasteiger partial charge in [0.25, 0.3) is 5.91 Å². The summed E-state index contributed by atoms with van der Waals surface area (Å²) in [5, 5.41) is 11.4. The molecule has 0 bridgehead atoms. The molecule has 5 nitrogen and oxygen atoms in total. The molecule has 0 radical (unpaired) electrons. The normalized spacial score (nSPS) is 16.3. The smallest absolute Gasteiger partial charge is 0.317 e. The van der Waals surface area contributed by atoms with Crippen LogP contribution in [-0.4, -0.2) is 59.0 Å². The fourth-order valence-electron chi connectivity index (χ4n) is 2.82. The van der Waals surface area contributed by atoms with Gasteiger partial charge in [0.1, 0.15) is 4.88 Å². The molecule has 1 N–H and O–H groups in total. The minimum atomic E-state index is -0.804. The quantitative estimate of drug-likeness (QED) is 0.892. The Balaban J connectivity index is 1.95. The van der Waals surface area contributed by atoms with Crippen molar-refractivity contribution in [3.05, 3.63) is 20.8 Å². The first kappa shape index (κ1) is 17.2. The van der Waals surface area contributed by atoms with E-state index in [2.05, 4.69) is 0 Å². The van der Waals surface area contributed by atoms with Gasteiger partial charge in [0.2, 0.25) is 0 Å². The third-order valence-electron chi connectivity index (χ3n) is 4.11. The van der Waals surface area contributed by atoms with E-state index in [-0.39, 0.29) is 18.5 Å². The van der Waals surface area contributed by atoms with Gasteiger partial charge in [-0.25, -0.2) is 0 Å². The molecule has 1 saturated heterocycles. The van der Waals surface area contributed by atoms with Gasteiger partial charge in [0.15, 0.2) is 0 Å². The second-order valence-corrected chi connectivity index (χ2v) is 6.80. The number of hydrogen-bond donors (Lipinski definition) is 1. The Kier molecular flexibility index (Phi) is 5.83. The number of likely N-dealkylation sites (tertiary alicyclic amines) is 1. The second kappa shape index (κ2) is 7.44. The van der Waals surface area contributed by atoms with E-state index in [1.165, 1.54) is 11.3 Å². The van der Waals surface area contributed by atoms with Gasteiger partial charge < -0.3 is 10.0 Å². The number of aliphatic carboxylic acids is 1. The van der Waals surface area contributed by atoms with Crippen molar-refractivity contribution >= 4 is 34.8 Å². The molecule has 7 heteroatoms. The largest absolute Gasteiger partial charge is 0.480 e. The highest BCUT2D eigenvalue weighted by atomic mass is 35.5. The zero-order valence-electron chi connectivity index (χ0n) is 12.8. The van der Waals surface area contributed by atoms with Gasteiger partial charge in [-0.15, -0.1) is 11.3 Å². The summed E-state index contributed by atoms with van der Waals surface area (Å²) in [6.07, 6.45) is 1.60. The van der Waals surface area contributed by atoms with Crippen LogP contribution < -0.4 is 0 Å². The standard InChI is InChI=1S/C15H21ClN2O3S/c1-3-17(8-12(19)20)11-4-6-18(7-5-11)15(21)14-13(16)10(2)9-22-14/h9,11H,3-8H2,1-2H3,(H,19,20). The summed E-state index contributed by atoms with van der Waals surface area (Å²) in [7, 11) is 0. The zero-order valence-corrected chi connectivity index (χ0v) is 14.4. The van der Waals surface area contributed by atoms with E-state index < -0.39 is 5.97 Å². The summed E-state index contributed by atoms with van der Waals surface area (Å²) in [4.78, 5) is 27.8. The van der Waals surface area contributed by atoms with Crippen molar-refractivity contribution < 1.29 is 14.7 Å². The van der Waals surface area contributed by atoms with Gasteiger partial charge >= 0.3 is 5.97 Å². The van der Waals surface area contributed by atoms with Crippen LogP contribution in [0.5, 0.6) is 0 Å². The Morgan fingerprint density at radius 3 is 2.55 bits per heavy atom. The van der Waals surface area contributed by atoms with Crippen molar-refractivity contribution in [1.82, 2.24) is 9.80 Å². The van der Waals surface area contributed by atoms with Crippen LogP contribution in [0.2, 0.25) is 5.02 Å². The second-order valence-electron chi connectivity index (χ2n) is 5.54. The van der Waals surface area contributed by atoms with E-state index in [0.717, 1.165) is 18.4 Å². The van der Waals surface area contributed by atoms with Crippen LogP contribution in [0, 0.1) is 6.92 Å². The van der Waals surface area contributed by atoms with Gasteiger partial charge in [-0.1, -0.05) is 18.5 Å². The number of rotatable bonds is 5. The molecule has 0 saturated carbocycles. The van der Waals surface area contributed by atoms with E-state index in [0.29, 0.717) is 29.5 Å². The summed E-state index contributed by atoms with van der Waals surface area (Å²) in [5.74, 6) is -0.816. The van der Waals surface area contributed by atoms with Crippen molar-refractivity contribution in [3.63, 3.8) is 0 Å². The number of piperidine rings is 1. The molecule has 2 heterocycles. The third kappa shape index (κ3) is 3.80. The van der Waals surface area contributed by atoms with Crippen LogP contribution in [0.1, 0.15) is 35.0 Å². The summed E-state index contributed by atoms with van der Waals surface area (Å²) in [5.41, 5.74) is 0.934. The van der Waals surface area contributed by atoms with Crippen molar-refractivity contribution in [2.75, 3.05) is 26.2 Å². The highest BCUT2D eigenvalue weighted by molar-refractivity contribution is 7.13. The van der Waals surface area contributed by atoms with Crippen LogP contribution in [0.15, 0.2) is 5.38 Å². The summed E-state index contributed by atoms with van der Waals surface area (Å²) >= 11 is 7.56. The van der Waals surface area contributed by atoms with Crippen molar-refractivity contribution in [1.29, 1.82) is 0 Å². The predicted molar refractivity (Wildman–Crippen MR) is 87.9 cm³/mol. The zero-order chi connectivity index (χ0) is 16.3. The molecule has 122 valence electrons. The summed E-state index contributed by atoms with van der Waals surface area (Å²) in [6.45, 7) is 5.92. The molecule has 0 aromatic carbocycles. The molecular formula is C15H21ClN2O3S. The van der Waals surface area contributed by atoms with Crippen molar-refractivity contribution in [2.24, 2.45) is 0 Å². The first-order chi connectivity index (χ1) is 10.4. The van der Waals surface area contributed by atoms with Gasteiger partial charge in [-0.2, -0.15) is 0 Å². The average molecular weight is 345 g/mol. The number of amides is 1. The topological polar surface area (TPSA) is 60.9 Å². The minimum Gasteiger partial charge on any atom is -0.480 e. The number of thiophene rings is 1. The monoisotopic (exact) mass is 344 g/mol. The number of carbonyl (C=O) groups excluding carboxylic acids is 1. The molecule has 1 aromatic rings. The fourth-order valence-corrected chi connectivity index (χ4v) is 4.07. The third-order valence-corrected chi connectivity index (χ3v) is 5.79. The van der Waals surface area contributed by atoms with Gasteiger partial charge in [0.05, 0.1) is 11.6 Å². The maximum Gasteiger partial charge on any atom is 0.317 e. The van der Waals surface area contributed by atoms with Crippen LogP contribution in [-0.2, 0) is 4.79 Å². The van der Waals surface area contributed by atoms with E-state index in [9.17, 15) is 9.59 Å². The minimum absolute atomic E-state index is 0.0113. The van der Waals surface area contributed by atoms with Crippen molar-refractivity contribution in [2.45, 2.75) is 32.7 Å². The lowest BCUT2D eigenvalue weighted by Gasteiger charge is -2.37. The van der Waals surface area contributed by atoms with E-state index in [4.69, 9.17) is 16.7 Å². The lowest BCUT2D eigenvalue weighted by molar-refractivity contribution is -0.139. The number of halogens is 1.